The summed E-state index contributed by atoms with van der Waals surface area (Å²) in [7, 11) is 1.70. The topological polar surface area (TPSA) is 39.0 Å². The van der Waals surface area contributed by atoms with Crippen LogP contribution in [0.4, 0.5) is 10.1 Å². The molecule has 32 heavy (non-hydrogen) atoms. The van der Waals surface area contributed by atoms with Crippen molar-refractivity contribution in [3.8, 4) is 17.0 Å². The van der Waals surface area contributed by atoms with E-state index in [1.165, 1.54) is 5.56 Å². The van der Waals surface area contributed by atoms with E-state index in [0.29, 0.717) is 19.0 Å². The zero-order chi connectivity index (χ0) is 22.7. The molecule has 3 aromatic rings. The van der Waals surface area contributed by atoms with Crippen LogP contribution < -0.4 is 9.64 Å². The number of alkyl halides is 1. The highest BCUT2D eigenvalue weighted by molar-refractivity contribution is 7.98. The Kier molecular flexibility index (Phi) is 7.26. The van der Waals surface area contributed by atoms with E-state index in [9.17, 15) is 4.39 Å². The summed E-state index contributed by atoms with van der Waals surface area (Å²) in [6, 6.07) is 10.8. The number of rotatable bonds is 8. The van der Waals surface area contributed by atoms with Gasteiger partial charge in [-0.1, -0.05) is 6.07 Å². The summed E-state index contributed by atoms with van der Waals surface area (Å²) in [5.41, 5.74) is 6.69. The maximum Gasteiger partial charge on any atom is 0.142 e. The first kappa shape index (κ1) is 22.9. The van der Waals surface area contributed by atoms with Crippen LogP contribution in [-0.2, 0) is 4.74 Å². The lowest BCUT2D eigenvalue weighted by molar-refractivity contribution is 0.0842. The lowest BCUT2D eigenvalue weighted by Gasteiger charge is -2.36. The van der Waals surface area contributed by atoms with E-state index < -0.39 is 0 Å². The fourth-order valence-corrected chi connectivity index (χ4v) is 5.36. The molecule has 1 aliphatic heterocycles. The van der Waals surface area contributed by atoms with Gasteiger partial charge < -0.3 is 14.4 Å². The van der Waals surface area contributed by atoms with E-state index in [1.807, 2.05) is 0 Å². The Morgan fingerprint density at radius 1 is 1.22 bits per heavy atom. The highest BCUT2D eigenvalue weighted by Crippen LogP contribution is 2.39. The molecule has 3 heterocycles. The number of hydrogen-bond acceptors (Lipinski definition) is 5. The van der Waals surface area contributed by atoms with Crippen molar-refractivity contribution in [2.75, 3.05) is 44.7 Å². The van der Waals surface area contributed by atoms with Crippen molar-refractivity contribution in [1.82, 2.24) is 9.61 Å². The molecule has 7 heteroatoms. The zero-order valence-electron chi connectivity index (χ0n) is 19.4. The molecule has 2 aromatic heterocycles. The minimum Gasteiger partial charge on any atom is -0.497 e. The number of hydrogen-bond donors (Lipinski definition) is 0. The van der Waals surface area contributed by atoms with Gasteiger partial charge >= 0.3 is 0 Å². The van der Waals surface area contributed by atoms with Gasteiger partial charge in [0.2, 0.25) is 0 Å². The fraction of sp³-hybridized carbons (Fsp3) is 0.480. The van der Waals surface area contributed by atoms with E-state index in [0.717, 1.165) is 64.9 Å². The summed E-state index contributed by atoms with van der Waals surface area (Å²) >= 11 is 1.65. The SMILES string of the molecule is COc1cc(C)c(-c2cccc3c(N(CCCF)C4CCOCC4)c(SC)nn23)c(C)c1. The third-order valence-corrected chi connectivity index (χ3v) is 6.91. The number of aryl methyl sites for hydroxylation is 2. The Balaban J connectivity index is 1.88. The van der Waals surface area contributed by atoms with Crippen LogP contribution in [0.15, 0.2) is 35.4 Å². The summed E-state index contributed by atoms with van der Waals surface area (Å²) in [5, 5.41) is 6.02. The molecule has 172 valence electrons. The van der Waals surface area contributed by atoms with Crippen LogP contribution in [0.25, 0.3) is 16.8 Å². The number of thioether (sulfide) groups is 1. The smallest absolute Gasteiger partial charge is 0.142 e. The van der Waals surface area contributed by atoms with E-state index in [2.05, 4.69) is 59.9 Å². The second kappa shape index (κ2) is 10.1. The number of benzene rings is 1. The summed E-state index contributed by atoms with van der Waals surface area (Å²) in [6.07, 6.45) is 4.48. The van der Waals surface area contributed by atoms with Crippen LogP contribution in [0, 0.1) is 13.8 Å². The monoisotopic (exact) mass is 457 g/mol. The van der Waals surface area contributed by atoms with Crippen molar-refractivity contribution in [2.24, 2.45) is 0 Å². The number of anilines is 1. The molecule has 0 N–H and O–H groups in total. The maximum atomic E-state index is 13.2. The quantitative estimate of drug-likeness (QED) is 0.406. The first-order valence-corrected chi connectivity index (χ1v) is 12.4. The maximum absolute atomic E-state index is 13.2. The molecule has 1 fully saturated rings. The Bertz CT molecular complexity index is 1060. The van der Waals surface area contributed by atoms with Crippen LogP contribution in [0.3, 0.4) is 0 Å². The number of nitrogens with zero attached hydrogens (tertiary/aromatic N) is 3. The number of pyridine rings is 1. The average Bonchev–Trinajstić information content (AvgIpc) is 3.19. The van der Waals surface area contributed by atoms with Gasteiger partial charge in [-0.2, -0.15) is 5.10 Å². The van der Waals surface area contributed by atoms with Gasteiger partial charge in [-0.3, -0.25) is 4.39 Å². The van der Waals surface area contributed by atoms with E-state index in [4.69, 9.17) is 14.6 Å². The number of methoxy groups -OCH3 is 1. The van der Waals surface area contributed by atoms with Crippen molar-refractivity contribution in [3.05, 3.63) is 41.5 Å². The van der Waals surface area contributed by atoms with Crippen LogP contribution in [0.2, 0.25) is 0 Å². The highest BCUT2D eigenvalue weighted by Gasteiger charge is 2.28. The summed E-state index contributed by atoms with van der Waals surface area (Å²) in [5.74, 6) is 0.860. The molecule has 0 spiro atoms. The number of halogens is 1. The van der Waals surface area contributed by atoms with Crippen LogP contribution in [-0.4, -0.2) is 55.5 Å². The molecular weight excluding hydrogens is 425 g/mol. The number of aromatic nitrogens is 2. The Morgan fingerprint density at radius 3 is 2.56 bits per heavy atom. The van der Waals surface area contributed by atoms with E-state index in [1.54, 1.807) is 18.9 Å². The fourth-order valence-electron chi connectivity index (χ4n) is 4.78. The highest BCUT2D eigenvalue weighted by atomic mass is 32.2. The average molecular weight is 458 g/mol. The predicted octanol–water partition coefficient (Wildman–Crippen LogP) is 5.69. The van der Waals surface area contributed by atoms with E-state index >= 15 is 0 Å². The van der Waals surface area contributed by atoms with Crippen molar-refractivity contribution in [3.63, 3.8) is 0 Å². The molecule has 1 aliphatic rings. The lowest BCUT2D eigenvalue weighted by atomic mass is 9.98. The van der Waals surface area contributed by atoms with Gasteiger partial charge in [0.05, 0.1) is 30.7 Å². The second-order valence-electron chi connectivity index (χ2n) is 8.28. The van der Waals surface area contributed by atoms with Crippen LogP contribution >= 0.6 is 11.8 Å². The molecule has 0 saturated carbocycles. The summed E-state index contributed by atoms with van der Waals surface area (Å²) in [4.78, 5) is 2.38. The van der Waals surface area contributed by atoms with Crippen LogP contribution in [0.1, 0.15) is 30.4 Å². The molecule has 5 nitrogen and oxygen atoms in total. The number of fused-ring (bicyclic) bond motifs is 1. The van der Waals surface area contributed by atoms with Crippen molar-refractivity contribution in [1.29, 1.82) is 0 Å². The standard InChI is InChI=1S/C25H32FN3O2S/c1-17-15-20(30-3)16-18(2)23(17)21-7-5-8-22-24(25(32-4)27-29(21)22)28(12-6-11-26)19-9-13-31-14-10-19/h5,7-8,15-16,19H,6,9-14H2,1-4H3. The van der Waals surface area contributed by atoms with E-state index in [-0.39, 0.29) is 6.67 Å². The largest absolute Gasteiger partial charge is 0.497 e. The van der Waals surface area contributed by atoms with Gasteiger partial charge in [0, 0.05) is 31.4 Å². The molecule has 0 radical (unpaired) electrons. The first-order valence-electron chi connectivity index (χ1n) is 11.2. The third-order valence-electron chi connectivity index (χ3n) is 6.24. The molecule has 0 aliphatic carbocycles. The molecular formula is C25H32FN3O2S. The molecule has 0 amide bonds. The molecule has 0 bridgehead atoms. The molecule has 0 unspecified atom stereocenters. The van der Waals surface area contributed by atoms with Gasteiger partial charge in [0.25, 0.3) is 0 Å². The van der Waals surface area contributed by atoms with Gasteiger partial charge in [-0.15, -0.1) is 11.8 Å². The summed E-state index contributed by atoms with van der Waals surface area (Å²) in [6.45, 7) is 6.09. The van der Waals surface area contributed by atoms with Gasteiger partial charge in [0.15, 0.2) is 0 Å². The predicted molar refractivity (Wildman–Crippen MR) is 130 cm³/mol. The molecule has 0 atom stereocenters. The number of ether oxygens (including phenoxy) is 2. The lowest BCUT2D eigenvalue weighted by Crippen LogP contribution is -2.40. The second-order valence-corrected chi connectivity index (χ2v) is 9.08. The van der Waals surface area contributed by atoms with Crippen molar-refractivity contribution in [2.45, 2.75) is 44.2 Å². The normalized spacial score (nSPS) is 14.8. The Morgan fingerprint density at radius 2 is 1.94 bits per heavy atom. The minimum atomic E-state index is -0.316. The zero-order valence-corrected chi connectivity index (χ0v) is 20.2. The van der Waals surface area contributed by atoms with Crippen molar-refractivity contribution < 1.29 is 13.9 Å². The molecule has 1 aromatic carbocycles. The van der Waals surface area contributed by atoms with Gasteiger partial charge in [-0.05, 0) is 74.8 Å². The summed E-state index contributed by atoms with van der Waals surface area (Å²) < 4.78 is 26.3. The molecule has 1 saturated heterocycles. The first-order chi connectivity index (χ1) is 15.6. The van der Waals surface area contributed by atoms with Crippen molar-refractivity contribution >= 4 is 23.0 Å². The van der Waals surface area contributed by atoms with Crippen LogP contribution in [0.5, 0.6) is 5.75 Å². The third kappa shape index (κ3) is 4.33. The minimum absolute atomic E-state index is 0.316. The van der Waals surface area contributed by atoms with Gasteiger partial charge in [0.1, 0.15) is 10.8 Å². The Hall–Kier alpha value is -2.25. The Labute approximate surface area is 193 Å². The molecule has 4 rings (SSSR count). The van der Waals surface area contributed by atoms with Gasteiger partial charge in [-0.25, -0.2) is 4.52 Å².